The maximum atomic E-state index is 11.6. The summed E-state index contributed by atoms with van der Waals surface area (Å²) in [6.45, 7) is 1.74. The molecule has 20 heavy (non-hydrogen) atoms. The molecule has 0 unspecified atom stereocenters. The number of hydrogen-bond donors (Lipinski definition) is 2. The van der Waals surface area contributed by atoms with E-state index in [1.165, 1.54) is 5.01 Å². The summed E-state index contributed by atoms with van der Waals surface area (Å²) < 4.78 is 26.8. The molecule has 2 amide bonds. The van der Waals surface area contributed by atoms with Crippen LogP contribution in [0.15, 0.2) is 18.2 Å². The van der Waals surface area contributed by atoms with Crippen molar-refractivity contribution in [3.05, 3.63) is 29.3 Å². The van der Waals surface area contributed by atoms with Gasteiger partial charge >= 0.3 is 6.03 Å². The highest BCUT2D eigenvalue weighted by molar-refractivity contribution is 7.85. The van der Waals surface area contributed by atoms with E-state index in [4.69, 9.17) is 4.18 Å². The Bertz CT molecular complexity index is 584. The van der Waals surface area contributed by atoms with E-state index in [0.29, 0.717) is 11.3 Å². The van der Waals surface area contributed by atoms with Gasteiger partial charge in [-0.15, -0.1) is 0 Å². The Morgan fingerprint density at radius 1 is 1.35 bits per heavy atom. The minimum atomic E-state index is -3.54. The van der Waals surface area contributed by atoms with Crippen molar-refractivity contribution in [2.24, 2.45) is 0 Å². The zero-order valence-electron chi connectivity index (χ0n) is 11.9. The quantitative estimate of drug-likeness (QED) is 0.627. The zero-order chi connectivity index (χ0) is 15.3. The first kappa shape index (κ1) is 16.4. The van der Waals surface area contributed by atoms with Crippen LogP contribution in [0, 0.1) is 6.92 Å². The summed E-state index contributed by atoms with van der Waals surface area (Å²) >= 11 is 0. The second kappa shape index (κ2) is 6.69. The second-order valence-corrected chi connectivity index (χ2v) is 6.23. The van der Waals surface area contributed by atoms with Crippen LogP contribution in [0.3, 0.4) is 0 Å². The van der Waals surface area contributed by atoms with Gasteiger partial charge in [0, 0.05) is 25.3 Å². The maximum absolute atomic E-state index is 11.6. The van der Waals surface area contributed by atoms with Gasteiger partial charge in [0.05, 0.1) is 12.9 Å². The van der Waals surface area contributed by atoms with Gasteiger partial charge < -0.3 is 5.32 Å². The van der Waals surface area contributed by atoms with Crippen LogP contribution >= 0.6 is 0 Å². The predicted molar refractivity (Wildman–Crippen MR) is 76.7 cm³/mol. The Morgan fingerprint density at radius 3 is 2.55 bits per heavy atom. The molecular weight excluding hydrogens is 282 g/mol. The Balaban J connectivity index is 2.87. The van der Waals surface area contributed by atoms with Gasteiger partial charge in [0.1, 0.15) is 0 Å². The first-order valence-electron chi connectivity index (χ1n) is 5.86. The van der Waals surface area contributed by atoms with Gasteiger partial charge in [-0.05, 0) is 13.0 Å². The van der Waals surface area contributed by atoms with Crippen molar-refractivity contribution in [1.29, 1.82) is 0 Å². The number of rotatable bonds is 5. The number of carbonyl (C=O) groups excluding carboxylic acids is 1. The van der Waals surface area contributed by atoms with Crippen LogP contribution in [0.1, 0.15) is 11.1 Å². The number of carbonyl (C=O) groups is 1. The molecule has 2 N–H and O–H groups in total. The van der Waals surface area contributed by atoms with Crippen molar-refractivity contribution in [2.75, 3.05) is 25.7 Å². The van der Waals surface area contributed by atoms with Gasteiger partial charge in [-0.1, -0.05) is 17.7 Å². The summed E-state index contributed by atoms with van der Waals surface area (Å²) in [6.07, 6.45) is 0.981. The third-order valence-electron chi connectivity index (χ3n) is 2.26. The van der Waals surface area contributed by atoms with Crippen LogP contribution in [0.2, 0.25) is 0 Å². The molecule has 0 radical (unpaired) electrons. The summed E-state index contributed by atoms with van der Waals surface area (Å²) in [4.78, 5) is 11.6. The summed E-state index contributed by atoms with van der Waals surface area (Å²) in [5.74, 6) is 0. The summed E-state index contributed by atoms with van der Waals surface area (Å²) in [5, 5.41) is 4.14. The number of hydrogen-bond acceptors (Lipinski definition) is 5. The number of benzene rings is 1. The largest absolute Gasteiger partial charge is 0.333 e. The first-order chi connectivity index (χ1) is 9.17. The van der Waals surface area contributed by atoms with E-state index in [1.54, 1.807) is 26.2 Å². The van der Waals surface area contributed by atoms with E-state index >= 15 is 0 Å². The van der Waals surface area contributed by atoms with Crippen molar-refractivity contribution in [2.45, 2.75) is 13.5 Å². The number of anilines is 1. The lowest BCUT2D eigenvalue weighted by atomic mass is 10.1. The SMILES string of the molecule is Cc1ccc(NC(=O)NN(C)C)c(COS(C)(=O)=O)c1. The van der Waals surface area contributed by atoms with Crippen molar-refractivity contribution >= 4 is 21.8 Å². The molecule has 0 aromatic heterocycles. The predicted octanol–water partition coefficient (Wildman–Crippen LogP) is 1.07. The van der Waals surface area contributed by atoms with Gasteiger partial charge in [-0.25, -0.2) is 9.80 Å². The van der Waals surface area contributed by atoms with Crippen molar-refractivity contribution in [1.82, 2.24) is 10.4 Å². The molecule has 1 aromatic carbocycles. The third-order valence-corrected chi connectivity index (χ3v) is 2.81. The number of aryl methyl sites for hydroxylation is 1. The fourth-order valence-corrected chi connectivity index (χ4v) is 1.83. The standard InChI is InChI=1S/C12H19N3O4S/c1-9-5-6-11(13-12(16)14-15(2)3)10(7-9)8-19-20(4,17)18/h5-7H,8H2,1-4H3,(H2,13,14,16). The average Bonchev–Trinajstić information content (AvgIpc) is 2.27. The maximum Gasteiger partial charge on any atom is 0.333 e. The molecule has 0 aliphatic carbocycles. The molecule has 0 heterocycles. The summed E-state index contributed by atoms with van der Waals surface area (Å²) in [5.41, 5.74) is 4.56. The Hall–Kier alpha value is -1.64. The molecule has 7 nitrogen and oxygen atoms in total. The van der Waals surface area contributed by atoms with E-state index in [0.717, 1.165) is 11.8 Å². The van der Waals surface area contributed by atoms with E-state index in [9.17, 15) is 13.2 Å². The van der Waals surface area contributed by atoms with Gasteiger partial charge in [0.25, 0.3) is 10.1 Å². The van der Waals surface area contributed by atoms with Gasteiger partial charge in [-0.3, -0.25) is 9.61 Å². The summed E-state index contributed by atoms with van der Waals surface area (Å²) in [6, 6.07) is 4.86. The number of amides is 2. The molecule has 8 heteroatoms. The molecule has 0 atom stereocenters. The van der Waals surface area contributed by atoms with Crippen molar-refractivity contribution in [3.8, 4) is 0 Å². The lowest BCUT2D eigenvalue weighted by molar-refractivity contribution is 0.224. The number of urea groups is 1. The third kappa shape index (κ3) is 6.00. The molecular formula is C12H19N3O4S. The molecule has 0 saturated carbocycles. The van der Waals surface area contributed by atoms with Crippen LogP contribution < -0.4 is 10.7 Å². The highest BCUT2D eigenvalue weighted by Crippen LogP contribution is 2.19. The smallest absolute Gasteiger partial charge is 0.307 e. The van der Waals surface area contributed by atoms with E-state index < -0.39 is 16.1 Å². The van der Waals surface area contributed by atoms with Gasteiger partial charge in [-0.2, -0.15) is 8.42 Å². The normalized spacial score (nSPS) is 11.4. The number of nitrogens with one attached hydrogen (secondary N) is 2. The second-order valence-electron chi connectivity index (χ2n) is 4.59. The number of nitrogens with zero attached hydrogens (tertiary/aromatic N) is 1. The molecule has 0 aliphatic heterocycles. The van der Waals surface area contributed by atoms with Crippen LogP contribution in [-0.4, -0.2) is 39.8 Å². The minimum Gasteiger partial charge on any atom is -0.307 e. The molecule has 112 valence electrons. The lowest BCUT2D eigenvalue weighted by Crippen LogP contribution is -2.39. The van der Waals surface area contributed by atoms with Gasteiger partial charge in [0.2, 0.25) is 0 Å². The molecule has 1 rings (SSSR count). The first-order valence-corrected chi connectivity index (χ1v) is 7.68. The van der Waals surface area contributed by atoms with E-state index in [-0.39, 0.29) is 6.61 Å². The molecule has 0 spiro atoms. The Kier molecular flexibility index (Phi) is 5.49. The Labute approximate surface area is 119 Å². The molecule has 0 aliphatic rings. The molecule has 1 aromatic rings. The monoisotopic (exact) mass is 301 g/mol. The lowest BCUT2D eigenvalue weighted by Gasteiger charge is -2.15. The van der Waals surface area contributed by atoms with Crippen molar-refractivity contribution in [3.63, 3.8) is 0 Å². The average molecular weight is 301 g/mol. The van der Waals surface area contributed by atoms with Crippen LogP contribution in [0.5, 0.6) is 0 Å². The summed E-state index contributed by atoms with van der Waals surface area (Å²) in [7, 11) is -0.170. The minimum absolute atomic E-state index is 0.127. The van der Waals surface area contributed by atoms with Crippen LogP contribution in [0.25, 0.3) is 0 Å². The number of hydrazine groups is 1. The zero-order valence-corrected chi connectivity index (χ0v) is 12.7. The van der Waals surface area contributed by atoms with E-state index in [1.807, 2.05) is 13.0 Å². The van der Waals surface area contributed by atoms with Crippen molar-refractivity contribution < 1.29 is 17.4 Å². The molecule has 0 fully saturated rings. The fourth-order valence-electron chi connectivity index (χ4n) is 1.49. The molecule has 0 saturated heterocycles. The fraction of sp³-hybridized carbons (Fsp3) is 0.417. The van der Waals surface area contributed by atoms with Crippen LogP contribution in [-0.2, 0) is 20.9 Å². The van der Waals surface area contributed by atoms with Gasteiger partial charge in [0.15, 0.2) is 0 Å². The highest BCUT2D eigenvalue weighted by Gasteiger charge is 2.10. The topological polar surface area (TPSA) is 87.7 Å². The van der Waals surface area contributed by atoms with E-state index in [2.05, 4.69) is 10.7 Å². The Morgan fingerprint density at radius 2 is 2.00 bits per heavy atom. The highest BCUT2D eigenvalue weighted by atomic mass is 32.2. The van der Waals surface area contributed by atoms with Crippen LogP contribution in [0.4, 0.5) is 10.5 Å². The molecule has 0 bridgehead atoms.